The van der Waals surface area contributed by atoms with Gasteiger partial charge in [0.05, 0.1) is 16.5 Å². The van der Waals surface area contributed by atoms with Crippen LogP contribution in [0.1, 0.15) is 22.6 Å². The highest BCUT2D eigenvalue weighted by molar-refractivity contribution is 5.95. The fourth-order valence-corrected chi connectivity index (χ4v) is 1.71. The molecule has 0 amide bonds. The Hall–Kier alpha value is -2.81. The second-order valence-corrected chi connectivity index (χ2v) is 3.26. The maximum absolute atomic E-state index is 9.08. The van der Waals surface area contributed by atoms with Gasteiger partial charge in [-0.25, -0.2) is 0 Å². The van der Waals surface area contributed by atoms with E-state index in [-0.39, 0.29) is 34.6 Å². The first-order chi connectivity index (χ1) is 8.26. The molecule has 1 heterocycles. The Labute approximate surface area is 96.3 Å². The summed E-state index contributed by atoms with van der Waals surface area (Å²) in [6.45, 7) is -0.366. The van der Waals surface area contributed by atoms with Crippen LogP contribution in [0, 0.1) is 34.0 Å². The Morgan fingerprint density at radius 1 is 1.12 bits per heavy atom. The normalized spacial score (nSPS) is 9.53. The van der Waals surface area contributed by atoms with Gasteiger partial charge >= 0.3 is 0 Å². The number of furan rings is 1. The first-order valence-corrected chi connectivity index (χ1v) is 4.66. The molecule has 0 saturated carbocycles. The molecule has 0 radical (unpaired) electrons. The highest BCUT2D eigenvalue weighted by atomic mass is 16.4. The van der Waals surface area contributed by atoms with Gasteiger partial charge in [-0.3, -0.25) is 0 Å². The zero-order valence-electron chi connectivity index (χ0n) is 8.56. The number of aliphatic hydroxyl groups is 1. The van der Waals surface area contributed by atoms with Crippen molar-refractivity contribution < 1.29 is 9.52 Å². The van der Waals surface area contributed by atoms with Gasteiger partial charge in [0, 0.05) is 5.39 Å². The number of benzene rings is 1. The third-order valence-corrected chi connectivity index (χ3v) is 2.44. The minimum Gasteiger partial charge on any atom is -0.447 e. The van der Waals surface area contributed by atoms with E-state index in [1.807, 2.05) is 18.2 Å². The van der Waals surface area contributed by atoms with Crippen LogP contribution in [0.3, 0.4) is 0 Å². The number of hydrogen-bond acceptors (Lipinski definition) is 5. The molecule has 0 bridgehead atoms. The van der Waals surface area contributed by atoms with Crippen molar-refractivity contribution in [3.63, 3.8) is 0 Å². The number of nitrogens with zero attached hydrogens (tertiary/aromatic N) is 3. The van der Waals surface area contributed by atoms with Crippen molar-refractivity contribution in [1.29, 1.82) is 15.8 Å². The number of hydrogen-bond donors (Lipinski definition) is 1. The van der Waals surface area contributed by atoms with Crippen LogP contribution in [0.5, 0.6) is 0 Å². The molecule has 1 aromatic heterocycles. The lowest BCUT2D eigenvalue weighted by Crippen LogP contribution is -1.86. The molecule has 0 aliphatic rings. The van der Waals surface area contributed by atoms with Crippen molar-refractivity contribution in [3.8, 4) is 18.2 Å². The Kier molecular flexibility index (Phi) is 2.51. The highest BCUT2D eigenvalue weighted by Gasteiger charge is 2.18. The standard InChI is InChI=1S/C12H5N3O2/c13-3-7-1-2-8-11(6-16)17-10(5-15)12(8)9(7)4-14/h1-2,16H,6H2. The predicted octanol–water partition coefficient (Wildman–Crippen LogP) is 1.54. The second kappa shape index (κ2) is 3.98. The monoisotopic (exact) mass is 223 g/mol. The van der Waals surface area contributed by atoms with Crippen molar-refractivity contribution in [1.82, 2.24) is 0 Å². The van der Waals surface area contributed by atoms with Crippen molar-refractivity contribution in [2.24, 2.45) is 0 Å². The van der Waals surface area contributed by atoms with E-state index in [0.717, 1.165) is 0 Å². The number of aliphatic hydroxyl groups excluding tert-OH is 1. The van der Waals surface area contributed by atoms with Gasteiger partial charge in [-0.05, 0) is 12.1 Å². The topological polar surface area (TPSA) is 105 Å². The summed E-state index contributed by atoms with van der Waals surface area (Å²) < 4.78 is 5.13. The molecule has 17 heavy (non-hydrogen) atoms. The molecular formula is C12H5N3O2. The summed E-state index contributed by atoms with van der Waals surface area (Å²) in [5.41, 5.74) is 0.284. The summed E-state index contributed by atoms with van der Waals surface area (Å²) >= 11 is 0. The van der Waals surface area contributed by atoms with Crippen molar-refractivity contribution >= 4 is 10.8 Å². The van der Waals surface area contributed by atoms with Crippen LogP contribution in [0.15, 0.2) is 16.5 Å². The molecule has 0 fully saturated rings. The lowest BCUT2D eigenvalue weighted by Gasteiger charge is -1.96. The van der Waals surface area contributed by atoms with Crippen LogP contribution in [0.4, 0.5) is 0 Å². The number of nitriles is 3. The molecule has 1 N–H and O–H groups in total. The molecule has 5 nitrogen and oxygen atoms in total. The summed E-state index contributed by atoms with van der Waals surface area (Å²) in [5.74, 6) is 0.162. The smallest absolute Gasteiger partial charge is 0.212 e. The highest BCUT2D eigenvalue weighted by Crippen LogP contribution is 2.30. The van der Waals surface area contributed by atoms with Gasteiger partial charge in [0.25, 0.3) is 0 Å². The van der Waals surface area contributed by atoms with Crippen LogP contribution in [-0.2, 0) is 6.61 Å². The fraction of sp³-hybridized carbons (Fsp3) is 0.0833. The number of fused-ring (bicyclic) bond motifs is 1. The van der Waals surface area contributed by atoms with Crippen LogP contribution < -0.4 is 0 Å². The van der Waals surface area contributed by atoms with Crippen LogP contribution in [0.2, 0.25) is 0 Å². The second-order valence-electron chi connectivity index (χ2n) is 3.26. The SMILES string of the molecule is N#Cc1ccc2c(CO)oc(C#N)c2c1C#N. The molecule has 0 spiro atoms. The maximum Gasteiger partial charge on any atom is 0.212 e. The summed E-state index contributed by atoms with van der Waals surface area (Å²) in [6, 6.07) is 8.61. The van der Waals surface area contributed by atoms with Crippen molar-refractivity contribution in [2.75, 3.05) is 0 Å². The van der Waals surface area contributed by atoms with Gasteiger partial charge in [0.2, 0.25) is 5.76 Å². The molecule has 0 aliphatic heterocycles. The fourth-order valence-electron chi connectivity index (χ4n) is 1.71. The molecular weight excluding hydrogens is 218 g/mol. The van der Waals surface area contributed by atoms with Crippen molar-refractivity contribution in [2.45, 2.75) is 6.61 Å². The van der Waals surface area contributed by atoms with Gasteiger partial charge in [0.1, 0.15) is 30.6 Å². The largest absolute Gasteiger partial charge is 0.447 e. The Bertz CT molecular complexity index is 723. The zero-order chi connectivity index (χ0) is 12.4. The molecule has 0 saturated heterocycles. The lowest BCUT2D eigenvalue weighted by molar-refractivity contribution is 0.248. The zero-order valence-corrected chi connectivity index (χ0v) is 8.56. The van der Waals surface area contributed by atoms with E-state index in [1.165, 1.54) is 6.07 Å². The van der Waals surface area contributed by atoms with Crippen LogP contribution in [-0.4, -0.2) is 5.11 Å². The van der Waals surface area contributed by atoms with Gasteiger partial charge in [-0.1, -0.05) is 0 Å². The molecule has 0 unspecified atom stereocenters. The van der Waals surface area contributed by atoms with Gasteiger partial charge in [-0.15, -0.1) is 0 Å². The van der Waals surface area contributed by atoms with Gasteiger partial charge in [0.15, 0.2) is 0 Å². The molecule has 1 aromatic carbocycles. The molecule has 5 heteroatoms. The third-order valence-electron chi connectivity index (χ3n) is 2.44. The molecule has 80 valence electrons. The molecule has 0 aliphatic carbocycles. The summed E-state index contributed by atoms with van der Waals surface area (Å²) in [7, 11) is 0. The Morgan fingerprint density at radius 3 is 2.41 bits per heavy atom. The van der Waals surface area contributed by atoms with E-state index < -0.39 is 0 Å². The Balaban J connectivity index is 3.01. The maximum atomic E-state index is 9.08. The van der Waals surface area contributed by atoms with Crippen LogP contribution >= 0.6 is 0 Å². The number of rotatable bonds is 1. The summed E-state index contributed by atoms with van der Waals surface area (Å²) in [4.78, 5) is 0. The minimum absolute atomic E-state index is 0.0577. The van der Waals surface area contributed by atoms with E-state index in [0.29, 0.717) is 5.39 Å². The quantitative estimate of drug-likeness (QED) is 0.789. The average molecular weight is 223 g/mol. The minimum atomic E-state index is -0.366. The molecule has 2 aromatic rings. The molecule has 2 rings (SSSR count). The Morgan fingerprint density at radius 2 is 1.88 bits per heavy atom. The third kappa shape index (κ3) is 1.41. The summed E-state index contributed by atoms with van der Waals surface area (Å²) in [5, 5.41) is 36.7. The average Bonchev–Trinajstić information content (AvgIpc) is 2.75. The van der Waals surface area contributed by atoms with Crippen molar-refractivity contribution in [3.05, 3.63) is 34.8 Å². The summed E-state index contributed by atoms with van der Waals surface area (Å²) in [6.07, 6.45) is 0. The van der Waals surface area contributed by atoms with Crippen LogP contribution in [0.25, 0.3) is 10.8 Å². The van der Waals surface area contributed by atoms with Gasteiger partial charge < -0.3 is 9.52 Å². The van der Waals surface area contributed by atoms with E-state index in [1.54, 1.807) is 6.07 Å². The first-order valence-electron chi connectivity index (χ1n) is 4.66. The van der Waals surface area contributed by atoms with Gasteiger partial charge in [-0.2, -0.15) is 15.8 Å². The van der Waals surface area contributed by atoms with E-state index in [4.69, 9.17) is 25.3 Å². The van der Waals surface area contributed by atoms with E-state index >= 15 is 0 Å². The molecule has 0 atom stereocenters. The predicted molar refractivity (Wildman–Crippen MR) is 56.3 cm³/mol. The van der Waals surface area contributed by atoms with E-state index in [2.05, 4.69) is 0 Å². The first kappa shape index (κ1) is 10.7. The lowest BCUT2D eigenvalue weighted by atomic mass is 10.0. The van der Waals surface area contributed by atoms with E-state index in [9.17, 15) is 0 Å².